The van der Waals surface area contributed by atoms with Crippen LogP contribution in [0.1, 0.15) is 36.8 Å². The molecule has 0 fully saturated rings. The molecule has 1 aliphatic heterocycles. The van der Waals surface area contributed by atoms with Crippen LogP contribution in [0, 0.1) is 0 Å². The number of thioether (sulfide) groups is 1. The molecule has 0 radical (unpaired) electrons. The van der Waals surface area contributed by atoms with E-state index in [1.54, 1.807) is 0 Å². The lowest BCUT2D eigenvalue weighted by Gasteiger charge is -2.33. The van der Waals surface area contributed by atoms with Gasteiger partial charge in [0.2, 0.25) is 11.1 Å². The van der Waals surface area contributed by atoms with Gasteiger partial charge in [-0.1, -0.05) is 74.1 Å². The van der Waals surface area contributed by atoms with Crippen molar-refractivity contribution in [2.24, 2.45) is 0 Å². The van der Waals surface area contributed by atoms with E-state index in [1.165, 1.54) is 11.8 Å². The minimum absolute atomic E-state index is 0.0421. The van der Waals surface area contributed by atoms with Gasteiger partial charge in [-0.15, -0.1) is 10.2 Å². The number of hydrogen-bond donors (Lipinski definition) is 2. The third kappa shape index (κ3) is 3.49. The molecule has 0 saturated heterocycles. The van der Waals surface area contributed by atoms with E-state index < -0.39 is 0 Å². The van der Waals surface area contributed by atoms with Crippen LogP contribution in [-0.4, -0.2) is 26.0 Å². The fourth-order valence-electron chi connectivity index (χ4n) is 3.39. The van der Waals surface area contributed by atoms with E-state index in [0.29, 0.717) is 5.16 Å². The Morgan fingerprint density at radius 1 is 1.07 bits per heavy atom. The number of amides is 1. The Labute approximate surface area is 168 Å². The molecule has 0 bridgehead atoms. The van der Waals surface area contributed by atoms with Crippen molar-refractivity contribution in [2.45, 2.75) is 43.1 Å². The van der Waals surface area contributed by atoms with Crippen molar-refractivity contribution in [3.63, 3.8) is 0 Å². The summed E-state index contributed by atoms with van der Waals surface area (Å²) in [6, 6.07) is 17.8. The molecule has 2 atom stereocenters. The van der Waals surface area contributed by atoms with Crippen molar-refractivity contribution < 1.29 is 4.79 Å². The first kappa shape index (κ1) is 18.6. The number of fused-ring (bicyclic) bond motifs is 1. The molecule has 7 heteroatoms. The van der Waals surface area contributed by atoms with Gasteiger partial charge in [0.1, 0.15) is 5.25 Å². The highest BCUT2D eigenvalue weighted by atomic mass is 32.2. The van der Waals surface area contributed by atoms with Gasteiger partial charge in [0.05, 0.1) is 6.04 Å². The molecule has 28 heavy (non-hydrogen) atoms. The van der Waals surface area contributed by atoms with Gasteiger partial charge in [0.25, 0.3) is 0 Å². The normalized spacial score (nSPS) is 18.2. The van der Waals surface area contributed by atoms with Crippen LogP contribution in [-0.2, 0) is 17.6 Å². The second kappa shape index (κ2) is 8.06. The topological polar surface area (TPSA) is 71.8 Å². The highest BCUT2D eigenvalue weighted by Gasteiger charge is 2.37. The van der Waals surface area contributed by atoms with E-state index in [2.05, 4.69) is 27.9 Å². The quantitative estimate of drug-likeness (QED) is 0.690. The summed E-state index contributed by atoms with van der Waals surface area (Å²) in [5, 5.41) is 12.0. The van der Waals surface area contributed by atoms with Gasteiger partial charge in [-0.2, -0.15) is 0 Å². The molecule has 0 saturated carbocycles. The molecule has 3 aromatic rings. The maximum absolute atomic E-state index is 13.3. The second-order valence-electron chi connectivity index (χ2n) is 6.64. The Balaban J connectivity index is 1.67. The molecule has 0 aliphatic carbocycles. The third-order valence-electron chi connectivity index (χ3n) is 4.89. The summed E-state index contributed by atoms with van der Waals surface area (Å²) in [7, 11) is 0. The van der Waals surface area contributed by atoms with Gasteiger partial charge < -0.3 is 10.7 Å². The fraction of sp³-hybridized carbons (Fsp3) is 0.286. The Hall–Kier alpha value is -2.80. The molecule has 1 amide bonds. The van der Waals surface area contributed by atoms with Gasteiger partial charge in [0, 0.05) is 12.1 Å². The number of benzene rings is 2. The molecular weight excluding hydrogens is 370 g/mol. The number of rotatable bonds is 5. The third-order valence-corrected chi connectivity index (χ3v) is 6.11. The van der Waals surface area contributed by atoms with Gasteiger partial charge in [-0.25, -0.2) is 4.68 Å². The van der Waals surface area contributed by atoms with E-state index in [9.17, 15) is 4.79 Å². The lowest BCUT2D eigenvalue weighted by Crippen LogP contribution is -2.41. The summed E-state index contributed by atoms with van der Waals surface area (Å²) in [4.78, 5) is 13.3. The number of carbonyl (C=O) groups is 1. The van der Waals surface area contributed by atoms with E-state index >= 15 is 0 Å². The zero-order valence-electron chi connectivity index (χ0n) is 15.9. The lowest BCUT2D eigenvalue weighted by atomic mass is 10.0. The molecular formula is C21H23N5OS. The first-order valence-corrected chi connectivity index (χ1v) is 10.4. The molecule has 4 rings (SSSR count). The average molecular weight is 394 g/mol. The number of anilines is 1. The Bertz CT molecular complexity index is 972. The zero-order chi connectivity index (χ0) is 19.5. The van der Waals surface area contributed by atoms with Crippen molar-refractivity contribution in [3.8, 4) is 0 Å². The molecule has 0 unspecified atom stereocenters. The summed E-state index contributed by atoms with van der Waals surface area (Å²) in [5.74, 6) is 0.818. The predicted octanol–water partition coefficient (Wildman–Crippen LogP) is 3.80. The van der Waals surface area contributed by atoms with Gasteiger partial charge >= 0.3 is 0 Å². The number of nitrogens with zero attached hydrogens (tertiary/aromatic N) is 3. The standard InChI is InChI=1S/C21H23N5OS/c1-3-14-10-8-9-13-16(14)22-20(27)19-18(15-11-6-5-7-12-15)25-26-17(4-2)23-24-21(26)28-19/h5-13,18-19,25H,3-4H2,1-2H3,(H,22,27)/t18-,19-/m0/s1. The Morgan fingerprint density at radius 2 is 1.82 bits per heavy atom. The van der Waals surface area contributed by atoms with Crippen LogP contribution in [0.25, 0.3) is 0 Å². The van der Waals surface area contributed by atoms with E-state index in [1.807, 2.05) is 66.2 Å². The molecule has 2 heterocycles. The molecule has 2 aromatic carbocycles. The van der Waals surface area contributed by atoms with Crippen molar-refractivity contribution in [2.75, 3.05) is 10.7 Å². The van der Waals surface area contributed by atoms with Gasteiger partial charge in [-0.3, -0.25) is 4.79 Å². The molecule has 1 aromatic heterocycles. The van der Waals surface area contributed by atoms with Crippen LogP contribution >= 0.6 is 11.8 Å². The largest absolute Gasteiger partial charge is 0.325 e. The maximum Gasteiger partial charge on any atom is 0.240 e. The predicted molar refractivity (Wildman–Crippen MR) is 112 cm³/mol. The van der Waals surface area contributed by atoms with E-state index in [4.69, 9.17) is 0 Å². The first-order chi connectivity index (χ1) is 13.7. The summed E-state index contributed by atoms with van der Waals surface area (Å²) < 4.78 is 1.91. The molecule has 2 N–H and O–H groups in total. The number of para-hydroxylation sites is 1. The zero-order valence-corrected chi connectivity index (χ0v) is 16.7. The van der Waals surface area contributed by atoms with E-state index in [-0.39, 0.29) is 17.2 Å². The molecule has 6 nitrogen and oxygen atoms in total. The Kier molecular flexibility index (Phi) is 5.34. The average Bonchev–Trinajstić information content (AvgIpc) is 3.16. The minimum atomic E-state index is -0.367. The first-order valence-electron chi connectivity index (χ1n) is 9.52. The molecule has 144 valence electrons. The van der Waals surface area contributed by atoms with Crippen molar-refractivity contribution in [1.29, 1.82) is 0 Å². The van der Waals surface area contributed by atoms with Crippen LogP contribution < -0.4 is 10.7 Å². The van der Waals surface area contributed by atoms with Crippen LogP contribution in [0.2, 0.25) is 0 Å². The summed E-state index contributed by atoms with van der Waals surface area (Å²) in [5.41, 5.74) is 6.51. The van der Waals surface area contributed by atoms with Crippen molar-refractivity contribution >= 4 is 23.4 Å². The maximum atomic E-state index is 13.3. The highest BCUT2D eigenvalue weighted by Crippen LogP contribution is 2.37. The SMILES string of the molecule is CCc1ccccc1NC(=O)[C@H]1Sc2nnc(CC)n2N[C@H]1c1ccccc1. The van der Waals surface area contributed by atoms with Crippen molar-refractivity contribution in [3.05, 3.63) is 71.5 Å². The van der Waals surface area contributed by atoms with Gasteiger partial charge in [-0.05, 0) is 23.6 Å². The summed E-state index contributed by atoms with van der Waals surface area (Å²) >= 11 is 1.45. The monoisotopic (exact) mass is 393 g/mol. The molecule has 1 aliphatic rings. The number of carbonyl (C=O) groups excluding carboxylic acids is 1. The van der Waals surface area contributed by atoms with E-state index in [0.717, 1.165) is 35.5 Å². The number of nitrogens with one attached hydrogen (secondary N) is 2. The number of aryl methyl sites for hydroxylation is 2. The summed E-state index contributed by atoms with van der Waals surface area (Å²) in [6.07, 6.45) is 1.63. The number of hydrogen-bond acceptors (Lipinski definition) is 5. The van der Waals surface area contributed by atoms with Gasteiger partial charge in [0.15, 0.2) is 5.82 Å². The van der Waals surface area contributed by atoms with Crippen LogP contribution in [0.15, 0.2) is 59.8 Å². The lowest BCUT2D eigenvalue weighted by molar-refractivity contribution is -0.116. The second-order valence-corrected chi connectivity index (χ2v) is 7.75. The molecule has 0 spiro atoms. The smallest absolute Gasteiger partial charge is 0.240 e. The minimum Gasteiger partial charge on any atom is -0.325 e. The Morgan fingerprint density at radius 3 is 2.57 bits per heavy atom. The fourth-order valence-corrected chi connectivity index (χ4v) is 4.49. The van der Waals surface area contributed by atoms with Crippen LogP contribution in [0.3, 0.4) is 0 Å². The summed E-state index contributed by atoms with van der Waals surface area (Å²) in [6.45, 7) is 4.13. The highest BCUT2D eigenvalue weighted by molar-refractivity contribution is 8.00. The van der Waals surface area contributed by atoms with Crippen LogP contribution in [0.4, 0.5) is 5.69 Å². The van der Waals surface area contributed by atoms with Crippen molar-refractivity contribution in [1.82, 2.24) is 14.9 Å². The number of aromatic nitrogens is 3. The van der Waals surface area contributed by atoms with Crippen LogP contribution in [0.5, 0.6) is 0 Å².